The molecule has 1 aliphatic heterocycles. The van der Waals surface area contributed by atoms with Gasteiger partial charge in [-0.15, -0.1) is 0 Å². The minimum atomic E-state index is 0.583. The maximum Gasteiger partial charge on any atom is 0.0578 e. The Balaban J connectivity index is 2.23. The van der Waals surface area contributed by atoms with E-state index in [-0.39, 0.29) is 0 Å². The maximum atomic E-state index is 3.48. The highest BCUT2D eigenvalue weighted by atomic mass is 15.1. The van der Waals surface area contributed by atoms with Gasteiger partial charge >= 0.3 is 0 Å². The Labute approximate surface area is 73.0 Å². The van der Waals surface area contributed by atoms with Crippen LogP contribution in [0.1, 0.15) is 13.3 Å². The summed E-state index contributed by atoms with van der Waals surface area (Å²) in [5.74, 6) is 0. The highest BCUT2D eigenvalue weighted by Crippen LogP contribution is 2.25. The number of fused-ring (bicyclic) bond motifs is 1. The lowest BCUT2D eigenvalue weighted by Gasteiger charge is -2.27. The molecule has 2 rings (SSSR count). The first-order valence-electron chi connectivity index (χ1n) is 4.49. The summed E-state index contributed by atoms with van der Waals surface area (Å²) in [6, 6.07) is 8.92. The molecule has 0 aromatic heterocycles. The molecular formula is C10H14N2. The van der Waals surface area contributed by atoms with Crippen molar-refractivity contribution >= 4 is 11.4 Å². The van der Waals surface area contributed by atoms with Crippen LogP contribution in [0.25, 0.3) is 0 Å². The monoisotopic (exact) mass is 162 g/mol. The average Bonchev–Trinajstić information content (AvgIpc) is 2.17. The molecule has 0 spiro atoms. The highest BCUT2D eigenvalue weighted by Gasteiger charge is 2.13. The molecular weight excluding hydrogens is 148 g/mol. The molecule has 0 fully saturated rings. The molecule has 1 atom stereocenters. The third-order valence-electron chi connectivity index (χ3n) is 2.32. The van der Waals surface area contributed by atoms with E-state index in [1.54, 1.807) is 0 Å². The van der Waals surface area contributed by atoms with Crippen LogP contribution in [0.5, 0.6) is 0 Å². The van der Waals surface area contributed by atoms with Crippen molar-refractivity contribution in [3.05, 3.63) is 24.3 Å². The highest BCUT2D eigenvalue weighted by molar-refractivity contribution is 5.70. The van der Waals surface area contributed by atoms with E-state index in [1.807, 2.05) is 0 Å². The predicted octanol–water partition coefficient (Wildman–Crippen LogP) is 2.30. The molecule has 1 heterocycles. The molecule has 2 N–H and O–H groups in total. The Morgan fingerprint density at radius 3 is 2.83 bits per heavy atom. The summed E-state index contributed by atoms with van der Waals surface area (Å²) in [5, 5.41) is 6.89. The van der Waals surface area contributed by atoms with E-state index in [4.69, 9.17) is 0 Å². The molecule has 1 aliphatic rings. The fourth-order valence-electron chi connectivity index (χ4n) is 1.51. The van der Waals surface area contributed by atoms with Gasteiger partial charge in [0.2, 0.25) is 0 Å². The number of nitrogens with one attached hydrogen (secondary N) is 2. The van der Waals surface area contributed by atoms with E-state index >= 15 is 0 Å². The first-order valence-corrected chi connectivity index (χ1v) is 4.49. The van der Waals surface area contributed by atoms with Gasteiger partial charge in [-0.25, -0.2) is 0 Å². The molecule has 0 saturated heterocycles. The van der Waals surface area contributed by atoms with Gasteiger partial charge in [-0.05, 0) is 18.6 Å². The number of rotatable bonds is 1. The smallest absolute Gasteiger partial charge is 0.0578 e. The predicted molar refractivity (Wildman–Crippen MR) is 52.6 cm³/mol. The first-order chi connectivity index (χ1) is 5.90. The van der Waals surface area contributed by atoms with Gasteiger partial charge < -0.3 is 10.6 Å². The van der Waals surface area contributed by atoms with Gasteiger partial charge in [0, 0.05) is 12.6 Å². The van der Waals surface area contributed by atoms with Crippen molar-refractivity contribution < 1.29 is 0 Å². The number of hydrogen-bond acceptors (Lipinski definition) is 2. The number of anilines is 2. The van der Waals surface area contributed by atoms with Crippen molar-refractivity contribution in [3.8, 4) is 0 Å². The molecule has 0 aliphatic carbocycles. The van der Waals surface area contributed by atoms with Crippen LogP contribution in [0, 0.1) is 0 Å². The zero-order valence-corrected chi connectivity index (χ0v) is 7.30. The lowest BCUT2D eigenvalue weighted by Crippen LogP contribution is -2.32. The standard InChI is InChI=1S/C10H14N2/c1-2-8-7-11-9-5-3-4-6-10(9)12-8/h3-6,8,11-12H,2,7H2,1H3/t8-/m0/s1. The quantitative estimate of drug-likeness (QED) is 0.662. The molecule has 0 radical (unpaired) electrons. The largest absolute Gasteiger partial charge is 0.381 e. The van der Waals surface area contributed by atoms with Gasteiger partial charge in [0.05, 0.1) is 11.4 Å². The van der Waals surface area contributed by atoms with Crippen molar-refractivity contribution in [1.29, 1.82) is 0 Å². The van der Waals surface area contributed by atoms with Crippen LogP contribution >= 0.6 is 0 Å². The van der Waals surface area contributed by atoms with E-state index in [0.29, 0.717) is 6.04 Å². The summed E-state index contributed by atoms with van der Waals surface area (Å²) >= 11 is 0. The summed E-state index contributed by atoms with van der Waals surface area (Å²) in [7, 11) is 0. The molecule has 2 nitrogen and oxygen atoms in total. The normalized spacial score (nSPS) is 20.6. The van der Waals surface area contributed by atoms with E-state index in [2.05, 4.69) is 41.8 Å². The zero-order valence-electron chi connectivity index (χ0n) is 7.30. The van der Waals surface area contributed by atoms with Gasteiger partial charge in [-0.2, -0.15) is 0 Å². The zero-order chi connectivity index (χ0) is 8.39. The van der Waals surface area contributed by atoms with Crippen LogP contribution in [-0.4, -0.2) is 12.6 Å². The fraction of sp³-hybridized carbons (Fsp3) is 0.400. The molecule has 1 aromatic rings. The van der Waals surface area contributed by atoms with Crippen molar-refractivity contribution in [2.75, 3.05) is 17.2 Å². The topological polar surface area (TPSA) is 24.1 Å². The third-order valence-corrected chi connectivity index (χ3v) is 2.32. The molecule has 0 unspecified atom stereocenters. The summed E-state index contributed by atoms with van der Waals surface area (Å²) < 4.78 is 0. The van der Waals surface area contributed by atoms with Crippen molar-refractivity contribution in [2.45, 2.75) is 19.4 Å². The Hall–Kier alpha value is -1.18. The van der Waals surface area contributed by atoms with E-state index in [0.717, 1.165) is 6.54 Å². The molecule has 12 heavy (non-hydrogen) atoms. The number of para-hydroxylation sites is 2. The van der Waals surface area contributed by atoms with Crippen molar-refractivity contribution in [1.82, 2.24) is 0 Å². The minimum Gasteiger partial charge on any atom is -0.381 e. The lowest BCUT2D eigenvalue weighted by atomic mass is 10.1. The maximum absolute atomic E-state index is 3.48. The molecule has 0 amide bonds. The van der Waals surface area contributed by atoms with Gasteiger partial charge in [0.15, 0.2) is 0 Å². The lowest BCUT2D eigenvalue weighted by molar-refractivity contribution is 0.713. The molecule has 1 aromatic carbocycles. The second-order valence-corrected chi connectivity index (χ2v) is 3.18. The van der Waals surface area contributed by atoms with Crippen LogP contribution in [0.4, 0.5) is 11.4 Å². The van der Waals surface area contributed by atoms with Crippen LogP contribution < -0.4 is 10.6 Å². The average molecular weight is 162 g/mol. The third kappa shape index (κ3) is 1.24. The van der Waals surface area contributed by atoms with Crippen LogP contribution in [0.3, 0.4) is 0 Å². The second-order valence-electron chi connectivity index (χ2n) is 3.18. The Morgan fingerprint density at radius 1 is 1.33 bits per heavy atom. The summed E-state index contributed by atoms with van der Waals surface area (Å²) in [6.07, 6.45) is 1.17. The van der Waals surface area contributed by atoms with E-state index in [9.17, 15) is 0 Å². The Morgan fingerprint density at radius 2 is 2.08 bits per heavy atom. The van der Waals surface area contributed by atoms with Crippen molar-refractivity contribution in [3.63, 3.8) is 0 Å². The van der Waals surface area contributed by atoms with Crippen LogP contribution in [0.15, 0.2) is 24.3 Å². The van der Waals surface area contributed by atoms with Crippen LogP contribution in [0.2, 0.25) is 0 Å². The van der Waals surface area contributed by atoms with Crippen molar-refractivity contribution in [2.24, 2.45) is 0 Å². The second kappa shape index (κ2) is 3.05. The Kier molecular flexibility index (Phi) is 1.90. The molecule has 2 heteroatoms. The van der Waals surface area contributed by atoms with Crippen LogP contribution in [-0.2, 0) is 0 Å². The molecule has 0 bridgehead atoms. The first kappa shape index (κ1) is 7.47. The summed E-state index contributed by atoms with van der Waals surface area (Å²) in [5.41, 5.74) is 2.46. The van der Waals surface area contributed by atoms with E-state index in [1.165, 1.54) is 17.8 Å². The number of benzene rings is 1. The minimum absolute atomic E-state index is 0.583. The van der Waals surface area contributed by atoms with Gasteiger partial charge in [0.1, 0.15) is 0 Å². The molecule has 64 valence electrons. The number of hydrogen-bond donors (Lipinski definition) is 2. The SMILES string of the molecule is CC[C@H]1CNc2ccccc2N1. The van der Waals surface area contributed by atoms with Gasteiger partial charge in [-0.3, -0.25) is 0 Å². The van der Waals surface area contributed by atoms with Gasteiger partial charge in [-0.1, -0.05) is 19.1 Å². The molecule has 0 saturated carbocycles. The van der Waals surface area contributed by atoms with E-state index < -0.39 is 0 Å². The fourth-order valence-corrected chi connectivity index (χ4v) is 1.51. The van der Waals surface area contributed by atoms with Gasteiger partial charge in [0.25, 0.3) is 0 Å². The Bertz CT molecular complexity index is 270. The summed E-state index contributed by atoms with van der Waals surface area (Å²) in [6.45, 7) is 3.24. The summed E-state index contributed by atoms with van der Waals surface area (Å²) in [4.78, 5) is 0.